The molecule has 1 aromatic heterocycles. The van der Waals surface area contributed by atoms with Crippen molar-refractivity contribution in [3.63, 3.8) is 0 Å². The highest BCUT2D eigenvalue weighted by molar-refractivity contribution is 7.14. The molecule has 0 radical (unpaired) electrons. The second kappa shape index (κ2) is 6.34. The van der Waals surface area contributed by atoms with Crippen molar-refractivity contribution in [3.8, 4) is 5.75 Å². The van der Waals surface area contributed by atoms with Crippen molar-refractivity contribution in [2.24, 2.45) is 0 Å². The van der Waals surface area contributed by atoms with Crippen LogP contribution in [0.2, 0.25) is 0 Å². The molecular formula is C15H15NO3S. The summed E-state index contributed by atoms with van der Waals surface area (Å²) in [6.45, 7) is 3.78. The molecule has 0 atom stereocenters. The molecular weight excluding hydrogens is 274 g/mol. The van der Waals surface area contributed by atoms with E-state index in [1.54, 1.807) is 18.2 Å². The van der Waals surface area contributed by atoms with Crippen molar-refractivity contribution in [1.29, 1.82) is 0 Å². The molecule has 104 valence electrons. The maximum Gasteiger partial charge on any atom is 0.256 e. The molecule has 0 aliphatic heterocycles. The summed E-state index contributed by atoms with van der Waals surface area (Å²) in [5.74, 6) is 0.255. The Bertz CT molecular complexity index is 606. The first-order valence-corrected chi connectivity index (χ1v) is 7.08. The highest BCUT2D eigenvalue weighted by Crippen LogP contribution is 2.20. The monoisotopic (exact) mass is 289 g/mol. The maximum atomic E-state index is 12.1. The summed E-state index contributed by atoms with van der Waals surface area (Å²) in [6, 6.07) is 8.47. The van der Waals surface area contributed by atoms with Gasteiger partial charge in [-0.1, -0.05) is 0 Å². The Balaban J connectivity index is 2.25. The highest BCUT2D eigenvalue weighted by Gasteiger charge is 2.11. The first kappa shape index (κ1) is 14.3. The van der Waals surface area contributed by atoms with Gasteiger partial charge in [-0.15, -0.1) is 11.3 Å². The van der Waals surface area contributed by atoms with Crippen molar-refractivity contribution >= 4 is 28.5 Å². The number of carbonyl (C=O) groups is 2. The number of nitrogens with one attached hydrogen (secondary N) is 1. The zero-order valence-corrected chi connectivity index (χ0v) is 12.1. The Morgan fingerprint density at radius 1 is 1.35 bits per heavy atom. The Labute approximate surface area is 121 Å². The molecule has 5 heteroatoms. The van der Waals surface area contributed by atoms with Gasteiger partial charge in [-0.25, -0.2) is 0 Å². The third-order valence-corrected chi connectivity index (χ3v) is 3.24. The number of rotatable bonds is 5. The molecule has 0 aliphatic carbocycles. The molecule has 0 saturated carbocycles. The summed E-state index contributed by atoms with van der Waals surface area (Å²) in [7, 11) is 0. The summed E-state index contributed by atoms with van der Waals surface area (Å²) in [5.41, 5.74) is 0.818. The number of aldehydes is 1. The lowest BCUT2D eigenvalue weighted by molar-refractivity contribution is 0.102. The molecule has 0 saturated heterocycles. The Hall–Kier alpha value is -2.14. The van der Waals surface area contributed by atoms with Gasteiger partial charge in [-0.2, -0.15) is 0 Å². The molecule has 2 rings (SSSR count). The molecule has 0 aliphatic rings. The average molecular weight is 289 g/mol. The van der Waals surface area contributed by atoms with E-state index in [9.17, 15) is 9.59 Å². The van der Waals surface area contributed by atoms with Crippen LogP contribution in [0, 0.1) is 0 Å². The minimum Gasteiger partial charge on any atom is -0.491 e. The fraction of sp³-hybridized carbons (Fsp3) is 0.200. The molecule has 0 fully saturated rings. The highest BCUT2D eigenvalue weighted by atomic mass is 32.1. The van der Waals surface area contributed by atoms with E-state index < -0.39 is 0 Å². The number of hydrogen-bond donors (Lipinski definition) is 1. The molecule has 0 spiro atoms. The molecule has 0 bridgehead atoms. The number of thiophene rings is 1. The molecule has 0 unspecified atom stereocenters. The lowest BCUT2D eigenvalue weighted by atomic mass is 10.1. The standard InChI is InChI=1S/C15H15NO3S/c1-10(2)19-13-7-11(9-17)6-12(8-13)15(18)16-14-4-3-5-20-14/h3-10H,1-2H3,(H,16,18). The first-order chi connectivity index (χ1) is 9.58. The fourth-order valence-corrected chi connectivity index (χ4v) is 2.31. The number of anilines is 1. The fourth-order valence-electron chi connectivity index (χ4n) is 1.70. The van der Waals surface area contributed by atoms with Crippen LogP contribution in [0.15, 0.2) is 35.7 Å². The van der Waals surface area contributed by atoms with Gasteiger partial charge < -0.3 is 10.1 Å². The van der Waals surface area contributed by atoms with Gasteiger partial charge in [0.05, 0.1) is 11.1 Å². The zero-order valence-electron chi connectivity index (χ0n) is 11.3. The van der Waals surface area contributed by atoms with Crippen LogP contribution in [0.5, 0.6) is 5.75 Å². The minimum atomic E-state index is -0.259. The number of hydrogen-bond acceptors (Lipinski definition) is 4. The van der Waals surface area contributed by atoms with E-state index in [1.165, 1.54) is 11.3 Å². The van der Waals surface area contributed by atoms with E-state index in [1.807, 2.05) is 31.4 Å². The largest absolute Gasteiger partial charge is 0.491 e. The van der Waals surface area contributed by atoms with Crippen molar-refractivity contribution in [1.82, 2.24) is 0 Å². The quantitative estimate of drug-likeness (QED) is 0.856. The van der Waals surface area contributed by atoms with Gasteiger partial charge >= 0.3 is 0 Å². The molecule has 20 heavy (non-hydrogen) atoms. The number of carbonyl (C=O) groups excluding carboxylic acids is 2. The number of amides is 1. The Morgan fingerprint density at radius 3 is 2.75 bits per heavy atom. The molecule has 1 N–H and O–H groups in total. The van der Waals surface area contributed by atoms with Gasteiger partial charge in [0.2, 0.25) is 0 Å². The molecule has 2 aromatic rings. The lowest BCUT2D eigenvalue weighted by Gasteiger charge is -2.11. The van der Waals surface area contributed by atoms with E-state index in [0.29, 0.717) is 23.2 Å². The SMILES string of the molecule is CC(C)Oc1cc(C=O)cc(C(=O)Nc2cccs2)c1. The lowest BCUT2D eigenvalue weighted by Crippen LogP contribution is -2.12. The van der Waals surface area contributed by atoms with E-state index in [2.05, 4.69) is 5.32 Å². The van der Waals surface area contributed by atoms with Crippen molar-refractivity contribution < 1.29 is 14.3 Å². The van der Waals surface area contributed by atoms with Crippen LogP contribution < -0.4 is 10.1 Å². The molecule has 1 heterocycles. The summed E-state index contributed by atoms with van der Waals surface area (Å²) in [5, 5.41) is 5.42. The normalized spacial score (nSPS) is 10.3. The minimum absolute atomic E-state index is 0.0230. The number of benzene rings is 1. The smallest absolute Gasteiger partial charge is 0.256 e. The first-order valence-electron chi connectivity index (χ1n) is 6.20. The maximum absolute atomic E-state index is 12.1. The molecule has 1 aromatic carbocycles. The second-order valence-corrected chi connectivity index (χ2v) is 5.45. The van der Waals surface area contributed by atoms with Gasteiger partial charge in [-0.05, 0) is 49.6 Å². The van der Waals surface area contributed by atoms with Crippen molar-refractivity contribution in [2.45, 2.75) is 20.0 Å². The Kier molecular flexibility index (Phi) is 4.53. The third kappa shape index (κ3) is 3.68. The third-order valence-electron chi connectivity index (χ3n) is 2.46. The number of ether oxygens (including phenoxy) is 1. The Morgan fingerprint density at radius 2 is 2.15 bits per heavy atom. The summed E-state index contributed by atoms with van der Waals surface area (Å²) in [6.07, 6.45) is 0.680. The van der Waals surface area contributed by atoms with Gasteiger partial charge in [-0.3, -0.25) is 9.59 Å². The van der Waals surface area contributed by atoms with Crippen LogP contribution in [0.25, 0.3) is 0 Å². The van der Waals surface area contributed by atoms with Gasteiger partial charge in [0.15, 0.2) is 0 Å². The van der Waals surface area contributed by atoms with E-state index in [4.69, 9.17) is 4.74 Å². The van der Waals surface area contributed by atoms with Crippen molar-refractivity contribution in [2.75, 3.05) is 5.32 Å². The van der Waals surface area contributed by atoms with Crippen LogP contribution in [-0.2, 0) is 0 Å². The van der Waals surface area contributed by atoms with Crippen molar-refractivity contribution in [3.05, 3.63) is 46.8 Å². The molecule has 1 amide bonds. The van der Waals surface area contributed by atoms with Crippen LogP contribution in [-0.4, -0.2) is 18.3 Å². The topological polar surface area (TPSA) is 55.4 Å². The second-order valence-electron chi connectivity index (χ2n) is 4.51. The van der Waals surface area contributed by atoms with Crippen LogP contribution >= 0.6 is 11.3 Å². The van der Waals surface area contributed by atoms with E-state index in [0.717, 1.165) is 5.00 Å². The molecule has 4 nitrogen and oxygen atoms in total. The van der Waals surface area contributed by atoms with Gasteiger partial charge in [0, 0.05) is 11.1 Å². The predicted molar refractivity (Wildman–Crippen MR) is 79.9 cm³/mol. The zero-order chi connectivity index (χ0) is 14.5. The van der Waals surface area contributed by atoms with Crippen LogP contribution in [0.1, 0.15) is 34.6 Å². The van der Waals surface area contributed by atoms with Crippen LogP contribution in [0.4, 0.5) is 5.00 Å². The predicted octanol–water partition coefficient (Wildman–Crippen LogP) is 3.60. The van der Waals surface area contributed by atoms with Gasteiger partial charge in [0.1, 0.15) is 12.0 Å². The van der Waals surface area contributed by atoms with Gasteiger partial charge in [0.25, 0.3) is 5.91 Å². The average Bonchev–Trinajstić information content (AvgIpc) is 2.90. The summed E-state index contributed by atoms with van der Waals surface area (Å²) in [4.78, 5) is 23.1. The summed E-state index contributed by atoms with van der Waals surface area (Å²) >= 11 is 1.44. The van der Waals surface area contributed by atoms with Crippen LogP contribution in [0.3, 0.4) is 0 Å². The van der Waals surface area contributed by atoms with E-state index >= 15 is 0 Å². The van der Waals surface area contributed by atoms with E-state index in [-0.39, 0.29) is 12.0 Å². The summed E-state index contributed by atoms with van der Waals surface area (Å²) < 4.78 is 5.55.